The first kappa shape index (κ1) is 22.3. The number of benzene rings is 1. The van der Waals surface area contributed by atoms with Crippen LogP contribution in [0.25, 0.3) is 0 Å². The second-order valence-corrected chi connectivity index (χ2v) is 9.10. The predicted molar refractivity (Wildman–Crippen MR) is 122 cm³/mol. The summed E-state index contributed by atoms with van der Waals surface area (Å²) in [4.78, 5) is 45.6. The minimum Gasteiger partial charge on any atom is -0.351 e. The average Bonchev–Trinajstić information content (AvgIpc) is 3.42. The molecule has 0 radical (unpaired) electrons. The van der Waals surface area contributed by atoms with E-state index in [0.29, 0.717) is 23.7 Å². The molecule has 2 heterocycles. The van der Waals surface area contributed by atoms with E-state index in [9.17, 15) is 14.4 Å². The molecule has 8 nitrogen and oxygen atoms in total. The molecule has 0 saturated heterocycles. The number of rotatable bonds is 6. The lowest BCUT2D eigenvalue weighted by Crippen LogP contribution is -2.65. The maximum absolute atomic E-state index is 13.5. The molecule has 2 N–H and O–H groups in total. The molecule has 1 aromatic heterocycles. The first-order valence-corrected chi connectivity index (χ1v) is 11.5. The molecule has 0 bridgehead atoms. The van der Waals surface area contributed by atoms with Crippen LogP contribution in [0, 0.1) is 0 Å². The van der Waals surface area contributed by atoms with Crippen molar-refractivity contribution in [2.24, 2.45) is 0 Å². The van der Waals surface area contributed by atoms with Crippen LogP contribution >= 0.6 is 11.6 Å². The van der Waals surface area contributed by atoms with Crippen LogP contribution in [0.2, 0.25) is 5.02 Å². The van der Waals surface area contributed by atoms with Crippen molar-refractivity contribution >= 4 is 35.0 Å². The zero-order chi connectivity index (χ0) is 22.9. The molecule has 4 rings (SSSR count). The molecule has 1 unspecified atom stereocenters. The monoisotopic (exact) mass is 457 g/mol. The minimum absolute atomic E-state index is 0.0225. The number of nitrogens with one attached hydrogen (secondary N) is 2. The lowest BCUT2D eigenvalue weighted by Gasteiger charge is -2.44. The van der Waals surface area contributed by atoms with Gasteiger partial charge in [-0.25, -0.2) is 4.98 Å². The topological polar surface area (TPSA) is 96.3 Å². The SMILES string of the molecule is CCCN1C(=O)c2c(C(=O)Nc3ccccc3Cl)ncn2CC1(C)C(=O)NC1CCCC1. The number of hydrogen-bond acceptors (Lipinski definition) is 4. The van der Waals surface area contributed by atoms with Crippen LogP contribution in [-0.2, 0) is 11.3 Å². The third-order valence-corrected chi connectivity index (χ3v) is 6.65. The molecular weight excluding hydrogens is 430 g/mol. The number of halogens is 1. The van der Waals surface area contributed by atoms with Gasteiger partial charge in [0.2, 0.25) is 5.91 Å². The van der Waals surface area contributed by atoms with Gasteiger partial charge in [0.15, 0.2) is 5.69 Å². The van der Waals surface area contributed by atoms with Crippen LogP contribution in [0.5, 0.6) is 0 Å². The van der Waals surface area contributed by atoms with Crippen LogP contribution in [0.3, 0.4) is 0 Å². The van der Waals surface area contributed by atoms with Crippen molar-refractivity contribution in [2.75, 3.05) is 11.9 Å². The van der Waals surface area contributed by atoms with Crippen molar-refractivity contribution in [1.82, 2.24) is 19.8 Å². The Morgan fingerprint density at radius 2 is 1.97 bits per heavy atom. The molecule has 2 aliphatic rings. The summed E-state index contributed by atoms with van der Waals surface area (Å²) in [5.41, 5.74) is -0.404. The summed E-state index contributed by atoms with van der Waals surface area (Å²) in [7, 11) is 0. The zero-order valence-corrected chi connectivity index (χ0v) is 19.1. The lowest BCUT2D eigenvalue weighted by atomic mass is 9.93. The summed E-state index contributed by atoms with van der Waals surface area (Å²) < 4.78 is 1.62. The Hall–Kier alpha value is -2.87. The van der Waals surface area contributed by atoms with Crippen LogP contribution in [-0.4, -0.2) is 50.3 Å². The van der Waals surface area contributed by atoms with Crippen LogP contribution in [0.4, 0.5) is 5.69 Å². The molecule has 1 aromatic carbocycles. The number of carbonyl (C=O) groups excluding carboxylic acids is 3. The molecular formula is C23H28ClN5O3. The van der Waals surface area contributed by atoms with Gasteiger partial charge in [-0.05, 0) is 38.3 Å². The fraction of sp³-hybridized carbons (Fsp3) is 0.478. The number of amides is 3. The number of aromatic nitrogens is 2. The molecule has 1 fully saturated rings. The van der Waals surface area contributed by atoms with Gasteiger partial charge in [-0.2, -0.15) is 0 Å². The zero-order valence-electron chi connectivity index (χ0n) is 18.4. The highest BCUT2D eigenvalue weighted by molar-refractivity contribution is 6.34. The Morgan fingerprint density at radius 3 is 2.66 bits per heavy atom. The second-order valence-electron chi connectivity index (χ2n) is 8.69. The Bertz CT molecular complexity index is 1050. The Kier molecular flexibility index (Phi) is 6.24. The van der Waals surface area contributed by atoms with E-state index in [0.717, 1.165) is 25.7 Å². The number of imidazole rings is 1. The van der Waals surface area contributed by atoms with Gasteiger partial charge >= 0.3 is 0 Å². The highest BCUT2D eigenvalue weighted by atomic mass is 35.5. The van der Waals surface area contributed by atoms with Crippen molar-refractivity contribution in [3.05, 3.63) is 47.0 Å². The maximum Gasteiger partial charge on any atom is 0.276 e. The first-order valence-electron chi connectivity index (χ1n) is 11.1. The van der Waals surface area contributed by atoms with Gasteiger partial charge in [-0.1, -0.05) is 43.5 Å². The fourth-order valence-electron chi connectivity index (χ4n) is 4.58. The van der Waals surface area contributed by atoms with Gasteiger partial charge < -0.3 is 20.1 Å². The van der Waals surface area contributed by atoms with Gasteiger partial charge in [0, 0.05) is 12.6 Å². The van der Waals surface area contributed by atoms with Crippen LogP contribution in [0.15, 0.2) is 30.6 Å². The van der Waals surface area contributed by atoms with Gasteiger partial charge in [0.1, 0.15) is 11.2 Å². The van der Waals surface area contributed by atoms with Gasteiger partial charge in [0.25, 0.3) is 11.8 Å². The largest absolute Gasteiger partial charge is 0.351 e. The summed E-state index contributed by atoms with van der Waals surface area (Å²) in [5, 5.41) is 6.25. The molecule has 32 heavy (non-hydrogen) atoms. The quantitative estimate of drug-likeness (QED) is 0.694. The average molecular weight is 458 g/mol. The fourth-order valence-corrected chi connectivity index (χ4v) is 4.77. The third-order valence-electron chi connectivity index (χ3n) is 6.32. The second kappa shape index (κ2) is 8.94. The van der Waals surface area contributed by atoms with Gasteiger partial charge in [-0.15, -0.1) is 0 Å². The number of para-hydroxylation sites is 1. The molecule has 2 aromatic rings. The maximum atomic E-state index is 13.5. The molecule has 0 spiro atoms. The van der Waals surface area contributed by atoms with Crippen molar-refractivity contribution in [3.8, 4) is 0 Å². The van der Waals surface area contributed by atoms with Gasteiger partial charge in [-0.3, -0.25) is 14.4 Å². The van der Waals surface area contributed by atoms with E-state index in [1.165, 1.54) is 6.33 Å². The molecule has 1 atom stereocenters. The smallest absolute Gasteiger partial charge is 0.276 e. The number of hydrogen-bond donors (Lipinski definition) is 2. The van der Waals surface area contributed by atoms with E-state index < -0.39 is 11.4 Å². The van der Waals surface area contributed by atoms with Gasteiger partial charge in [0.05, 0.1) is 23.6 Å². The predicted octanol–water partition coefficient (Wildman–Crippen LogP) is 3.47. The van der Waals surface area contributed by atoms with Crippen molar-refractivity contribution in [1.29, 1.82) is 0 Å². The van der Waals surface area contributed by atoms with E-state index in [4.69, 9.17) is 11.6 Å². The van der Waals surface area contributed by atoms with Crippen LogP contribution < -0.4 is 10.6 Å². The normalized spacial score (nSPS) is 20.8. The number of carbonyl (C=O) groups is 3. The number of fused-ring (bicyclic) bond motifs is 1. The lowest BCUT2D eigenvalue weighted by molar-refractivity contribution is -0.133. The summed E-state index contributed by atoms with van der Waals surface area (Å²) in [6, 6.07) is 7.02. The molecule has 3 amide bonds. The first-order chi connectivity index (χ1) is 15.3. The number of nitrogens with zero attached hydrogens (tertiary/aromatic N) is 3. The molecule has 170 valence electrons. The van der Waals surface area contributed by atoms with Crippen molar-refractivity contribution in [3.63, 3.8) is 0 Å². The van der Waals surface area contributed by atoms with E-state index in [1.54, 1.807) is 40.7 Å². The van der Waals surface area contributed by atoms with Crippen molar-refractivity contribution in [2.45, 2.75) is 64.1 Å². The van der Waals surface area contributed by atoms with E-state index >= 15 is 0 Å². The standard InChI is InChI=1S/C23H28ClN5O3/c1-3-12-29-21(31)19-18(20(30)27-17-11-7-6-10-16(17)24)25-14-28(19)13-23(29,2)22(32)26-15-8-4-5-9-15/h6-7,10-11,14-15H,3-5,8-9,12-13H2,1-2H3,(H,26,32)(H,27,30). The van der Waals surface area contributed by atoms with Crippen molar-refractivity contribution < 1.29 is 14.4 Å². The summed E-state index contributed by atoms with van der Waals surface area (Å²) >= 11 is 6.15. The Labute approximate surface area is 192 Å². The summed E-state index contributed by atoms with van der Waals surface area (Å²) in [6.07, 6.45) is 6.29. The molecule has 1 saturated carbocycles. The van der Waals surface area contributed by atoms with E-state index in [2.05, 4.69) is 15.6 Å². The molecule has 1 aliphatic heterocycles. The third kappa shape index (κ3) is 3.99. The Morgan fingerprint density at radius 1 is 1.25 bits per heavy atom. The Balaban J connectivity index is 1.63. The van der Waals surface area contributed by atoms with E-state index in [-0.39, 0.29) is 35.8 Å². The molecule has 9 heteroatoms. The number of anilines is 1. The summed E-state index contributed by atoms with van der Waals surface area (Å²) in [5.74, 6) is -1.05. The summed E-state index contributed by atoms with van der Waals surface area (Å²) in [6.45, 7) is 4.39. The highest BCUT2D eigenvalue weighted by Crippen LogP contribution is 2.31. The van der Waals surface area contributed by atoms with E-state index in [1.807, 2.05) is 6.92 Å². The highest BCUT2D eigenvalue weighted by Gasteiger charge is 2.48. The molecule has 1 aliphatic carbocycles. The minimum atomic E-state index is -1.06. The van der Waals surface area contributed by atoms with Crippen LogP contribution in [0.1, 0.15) is 66.9 Å².